The van der Waals surface area contributed by atoms with Gasteiger partial charge in [-0.3, -0.25) is 0 Å². The molecule has 0 radical (unpaired) electrons. The molecule has 0 aliphatic carbocycles. The van der Waals surface area contributed by atoms with E-state index in [1.165, 1.54) is 0 Å². The molecule has 23 heteroatoms. The van der Waals surface area contributed by atoms with Crippen LogP contribution >= 0.6 is 0 Å². The van der Waals surface area contributed by atoms with Crippen molar-refractivity contribution in [2.45, 2.75) is 26.4 Å². The first-order valence-corrected chi connectivity index (χ1v) is 24.1. The maximum absolute atomic E-state index is 11.5. The molecule has 0 aliphatic heterocycles. The molecule has 0 unspecified atom stereocenters. The summed E-state index contributed by atoms with van der Waals surface area (Å²) in [6.45, 7) is 24.9. The van der Waals surface area contributed by atoms with Crippen LogP contribution in [0.15, 0.2) is 0 Å². The lowest BCUT2D eigenvalue weighted by Crippen LogP contribution is -2.34. The van der Waals surface area contributed by atoms with Crippen molar-refractivity contribution < 1.29 is 99.5 Å². The molecule has 1 amide bonds. The number of hydrogen-bond acceptors (Lipinski definition) is 22. The molecule has 0 aliphatic rings. The van der Waals surface area contributed by atoms with Gasteiger partial charge in [0.25, 0.3) is 0 Å². The van der Waals surface area contributed by atoms with E-state index in [1.54, 1.807) is 0 Å². The van der Waals surface area contributed by atoms with Crippen LogP contribution in [0, 0.1) is 0 Å². The van der Waals surface area contributed by atoms with Gasteiger partial charge in [0, 0.05) is 13.1 Å². The second kappa shape index (κ2) is 58.0. The van der Waals surface area contributed by atoms with Gasteiger partial charge in [-0.05, 0) is 20.8 Å². The third-order valence-electron chi connectivity index (χ3n) is 7.87. The number of nitrogens with one attached hydrogen (secondary N) is 1. The Labute approximate surface area is 406 Å². The van der Waals surface area contributed by atoms with Gasteiger partial charge in [-0.15, -0.1) is 0 Å². The fourth-order valence-electron chi connectivity index (χ4n) is 4.68. The van der Waals surface area contributed by atoms with Crippen LogP contribution in [0.4, 0.5) is 4.79 Å². The molecule has 0 spiro atoms. The minimum atomic E-state index is -0.519. The topological polar surface area (TPSA) is 240 Å². The molecule has 0 rings (SSSR count). The zero-order chi connectivity index (χ0) is 49.2. The van der Waals surface area contributed by atoms with Gasteiger partial charge in [0.15, 0.2) is 0 Å². The lowest BCUT2D eigenvalue weighted by Gasteiger charge is -2.19. The van der Waals surface area contributed by atoms with Crippen LogP contribution in [-0.4, -0.2) is 276 Å². The number of ether oxygens (including phenoxy) is 20. The van der Waals surface area contributed by atoms with Crippen LogP contribution in [0.25, 0.3) is 0 Å². The van der Waals surface area contributed by atoms with Gasteiger partial charge < -0.3 is 106 Å². The van der Waals surface area contributed by atoms with Gasteiger partial charge >= 0.3 is 6.09 Å². The summed E-state index contributed by atoms with van der Waals surface area (Å²) >= 11 is 0. The van der Waals surface area contributed by atoms with E-state index in [-0.39, 0.29) is 0 Å². The third kappa shape index (κ3) is 62.5. The normalized spacial score (nSPS) is 11.8. The molecule has 0 fully saturated rings. The van der Waals surface area contributed by atoms with E-state index in [0.717, 1.165) is 0 Å². The van der Waals surface area contributed by atoms with Crippen LogP contribution in [0.1, 0.15) is 20.8 Å². The third-order valence-corrected chi connectivity index (χ3v) is 7.87. The first kappa shape index (κ1) is 66.5. The predicted molar refractivity (Wildman–Crippen MR) is 249 cm³/mol. The molecule has 0 aromatic carbocycles. The van der Waals surface area contributed by atoms with Gasteiger partial charge in [-0.1, -0.05) is 0 Å². The van der Waals surface area contributed by atoms with Crippen molar-refractivity contribution in [2.75, 3.05) is 264 Å². The molecule has 0 heterocycles. The number of rotatable bonds is 59. The summed E-state index contributed by atoms with van der Waals surface area (Å²) < 4.78 is 109. The van der Waals surface area contributed by atoms with Gasteiger partial charge in [0.05, 0.1) is 251 Å². The van der Waals surface area contributed by atoms with E-state index in [2.05, 4.69) is 5.32 Å². The molecule has 23 nitrogen and oxygen atoms in total. The van der Waals surface area contributed by atoms with E-state index in [9.17, 15) is 4.79 Å². The second-order valence-corrected chi connectivity index (χ2v) is 14.9. The Morgan fingerprint density at radius 1 is 0.279 bits per heavy atom. The Balaban J connectivity index is 3.09. The summed E-state index contributed by atoms with van der Waals surface area (Å²) in [6, 6.07) is 0. The molecule has 0 bridgehead atoms. The average molecular weight is 997 g/mol. The zero-order valence-electron chi connectivity index (χ0n) is 41.9. The summed E-state index contributed by atoms with van der Waals surface area (Å²) in [5.41, 5.74) is 4.82. The Bertz CT molecular complexity index is 963. The Morgan fingerprint density at radius 2 is 0.426 bits per heavy atom. The van der Waals surface area contributed by atoms with Crippen LogP contribution in [-0.2, 0) is 94.7 Å². The summed E-state index contributed by atoms with van der Waals surface area (Å²) in [7, 11) is 0. The highest BCUT2D eigenvalue weighted by molar-refractivity contribution is 5.67. The summed E-state index contributed by atoms with van der Waals surface area (Å²) in [5.74, 6) is 0. The molecular formula is C45H92N2O21. The van der Waals surface area contributed by atoms with Crippen molar-refractivity contribution in [1.29, 1.82) is 0 Å². The van der Waals surface area contributed by atoms with E-state index in [4.69, 9.17) is 100 Å². The minimum absolute atomic E-state index is 0.376. The van der Waals surface area contributed by atoms with Gasteiger partial charge in [0.2, 0.25) is 0 Å². The number of amides is 1. The Kier molecular flexibility index (Phi) is 56.7. The highest BCUT2D eigenvalue weighted by atomic mass is 16.6. The number of carbonyl (C=O) groups is 1. The molecule has 0 saturated carbocycles. The molecule has 0 atom stereocenters. The van der Waals surface area contributed by atoms with E-state index >= 15 is 0 Å². The fourth-order valence-corrected chi connectivity index (χ4v) is 4.68. The number of hydrogen-bond donors (Lipinski definition) is 2. The van der Waals surface area contributed by atoms with Gasteiger partial charge in [0.1, 0.15) is 5.60 Å². The number of alkyl carbamates (subject to hydrolysis) is 1. The molecule has 0 aromatic rings. The van der Waals surface area contributed by atoms with Crippen molar-refractivity contribution in [3.05, 3.63) is 0 Å². The summed E-state index contributed by atoms with van der Waals surface area (Å²) in [6.07, 6.45) is -0.457. The van der Waals surface area contributed by atoms with E-state index in [1.807, 2.05) is 20.8 Å². The monoisotopic (exact) mass is 997 g/mol. The minimum Gasteiger partial charge on any atom is -0.444 e. The lowest BCUT2D eigenvalue weighted by molar-refractivity contribution is -0.0312. The Hall–Kier alpha value is -1.53. The van der Waals surface area contributed by atoms with Crippen molar-refractivity contribution in [3.63, 3.8) is 0 Å². The maximum Gasteiger partial charge on any atom is 0.407 e. The van der Waals surface area contributed by atoms with Gasteiger partial charge in [-0.25, -0.2) is 4.79 Å². The van der Waals surface area contributed by atoms with Crippen molar-refractivity contribution in [3.8, 4) is 0 Å². The smallest absolute Gasteiger partial charge is 0.407 e. The van der Waals surface area contributed by atoms with Crippen LogP contribution < -0.4 is 11.1 Å². The van der Waals surface area contributed by atoms with Gasteiger partial charge in [-0.2, -0.15) is 0 Å². The maximum atomic E-state index is 11.5. The van der Waals surface area contributed by atoms with E-state index < -0.39 is 11.7 Å². The molecule has 3 N–H and O–H groups in total. The quantitative estimate of drug-likeness (QED) is 0.0801. The molecule has 68 heavy (non-hydrogen) atoms. The van der Waals surface area contributed by atoms with Crippen molar-refractivity contribution in [2.24, 2.45) is 5.73 Å². The Morgan fingerprint density at radius 3 is 0.574 bits per heavy atom. The number of carbonyl (C=O) groups excluding carboxylic acids is 1. The SMILES string of the molecule is CC(C)(C)OC(=O)NCCOCCOCCOCCOCCOCCOCCOCCOCCOCCOCCOCCOCCOCCOCCOCCOCCOCCOCCOCCN. The second-order valence-electron chi connectivity index (χ2n) is 14.9. The molecular weight excluding hydrogens is 904 g/mol. The van der Waals surface area contributed by atoms with E-state index in [0.29, 0.717) is 264 Å². The van der Waals surface area contributed by atoms with Crippen molar-refractivity contribution >= 4 is 6.09 Å². The summed E-state index contributed by atoms with van der Waals surface area (Å²) in [4.78, 5) is 11.5. The lowest BCUT2D eigenvalue weighted by atomic mass is 10.2. The summed E-state index contributed by atoms with van der Waals surface area (Å²) in [5, 5.41) is 2.63. The average Bonchev–Trinajstić information content (AvgIpc) is 3.31. The van der Waals surface area contributed by atoms with Crippen LogP contribution in [0.3, 0.4) is 0 Å². The molecule has 0 aromatic heterocycles. The highest BCUT2D eigenvalue weighted by Crippen LogP contribution is 2.06. The highest BCUT2D eigenvalue weighted by Gasteiger charge is 2.15. The zero-order valence-corrected chi connectivity index (χ0v) is 41.9. The fraction of sp³-hybridized carbons (Fsp3) is 0.978. The standard InChI is InChI=1S/C45H92N2O21/c1-45(2,3)68-44(48)47-5-7-50-9-11-52-13-15-54-17-19-56-21-23-58-25-27-60-29-31-62-33-35-64-37-39-66-41-43-67-42-40-65-38-36-63-34-32-61-30-28-59-26-24-57-22-20-55-18-16-53-14-12-51-10-8-49-6-4-46/h4-43,46H2,1-3H3,(H,47,48). The van der Waals surface area contributed by atoms with Crippen molar-refractivity contribution in [1.82, 2.24) is 5.32 Å². The molecule has 408 valence electrons. The first-order valence-electron chi connectivity index (χ1n) is 24.1. The van der Waals surface area contributed by atoms with Crippen LogP contribution in [0.5, 0.6) is 0 Å². The predicted octanol–water partition coefficient (Wildman–Crippen LogP) is 0.785. The number of nitrogens with two attached hydrogens (primary N) is 1. The largest absolute Gasteiger partial charge is 0.444 e. The molecule has 0 saturated heterocycles. The van der Waals surface area contributed by atoms with Crippen LogP contribution in [0.2, 0.25) is 0 Å². The first-order chi connectivity index (χ1) is 33.5.